The highest BCUT2D eigenvalue weighted by atomic mass is 19.4. The number of benzene rings is 1. The number of aromatic nitrogens is 2. The van der Waals surface area contributed by atoms with Crippen molar-refractivity contribution in [2.75, 3.05) is 0 Å². The lowest BCUT2D eigenvalue weighted by molar-refractivity contribution is -0.146. The van der Waals surface area contributed by atoms with Crippen LogP contribution in [0.15, 0.2) is 29.4 Å². The highest BCUT2D eigenvalue weighted by Gasteiger charge is 2.35. The van der Waals surface area contributed by atoms with Gasteiger partial charge in [0.2, 0.25) is 0 Å². The molecule has 1 aromatic carbocycles. The normalized spacial score (nSPS) is 19.8. The van der Waals surface area contributed by atoms with Crippen molar-refractivity contribution >= 4 is 11.7 Å². The van der Waals surface area contributed by atoms with E-state index in [2.05, 4.69) is 9.98 Å². The lowest BCUT2D eigenvalue weighted by Gasteiger charge is -2.25. The van der Waals surface area contributed by atoms with Gasteiger partial charge >= 0.3 is 12.1 Å². The third-order valence-corrected chi connectivity index (χ3v) is 5.46. The van der Waals surface area contributed by atoms with Gasteiger partial charge in [0.15, 0.2) is 5.82 Å². The van der Waals surface area contributed by atoms with Crippen LogP contribution in [0.3, 0.4) is 0 Å². The molecule has 1 atom stereocenters. The Labute approximate surface area is 166 Å². The molecule has 2 aliphatic rings. The first-order valence-electron chi connectivity index (χ1n) is 9.77. The van der Waals surface area contributed by atoms with Gasteiger partial charge in [0.25, 0.3) is 6.23 Å². The Morgan fingerprint density at radius 2 is 1.93 bits per heavy atom. The second-order valence-electron chi connectivity index (χ2n) is 7.65. The second-order valence-corrected chi connectivity index (χ2v) is 7.65. The van der Waals surface area contributed by atoms with E-state index >= 15 is 0 Å². The number of aliphatic imine (C=N–C) groups is 1. The minimum atomic E-state index is -4.46. The molecule has 0 amide bonds. The summed E-state index contributed by atoms with van der Waals surface area (Å²) in [5, 5.41) is 0. The zero-order valence-corrected chi connectivity index (χ0v) is 16.3. The summed E-state index contributed by atoms with van der Waals surface area (Å²) in [5.74, 6) is -0.102. The summed E-state index contributed by atoms with van der Waals surface area (Å²) in [4.78, 5) is 20.8. The van der Waals surface area contributed by atoms with Crippen LogP contribution in [-0.4, -0.2) is 21.2 Å². The number of carbonyl (C=O) groups excluding carboxylic acids is 1. The predicted molar refractivity (Wildman–Crippen MR) is 101 cm³/mol. The van der Waals surface area contributed by atoms with Crippen molar-refractivity contribution in [2.45, 2.75) is 58.4 Å². The molecule has 0 saturated heterocycles. The topological polar surface area (TPSA) is 56.5 Å². The van der Waals surface area contributed by atoms with Gasteiger partial charge in [-0.2, -0.15) is 13.2 Å². The van der Waals surface area contributed by atoms with Crippen LogP contribution in [0, 0.1) is 12.8 Å². The van der Waals surface area contributed by atoms with E-state index in [0.717, 1.165) is 44.2 Å². The van der Waals surface area contributed by atoms with Crippen LogP contribution in [-0.2, 0) is 15.7 Å². The van der Waals surface area contributed by atoms with Crippen molar-refractivity contribution in [2.24, 2.45) is 10.9 Å². The van der Waals surface area contributed by atoms with Crippen LogP contribution in [0.2, 0.25) is 0 Å². The van der Waals surface area contributed by atoms with Gasteiger partial charge in [-0.05, 0) is 38.0 Å². The second kappa shape index (κ2) is 7.31. The molecule has 1 aromatic heterocycles. The average molecular weight is 405 g/mol. The number of aryl methyl sites for hydroxylation is 1. The number of rotatable bonds is 2. The molecule has 4 rings (SSSR count). The van der Waals surface area contributed by atoms with Crippen LogP contribution < -0.4 is 0 Å². The molecule has 1 unspecified atom stereocenters. The van der Waals surface area contributed by atoms with E-state index in [1.165, 1.54) is 13.0 Å². The summed E-state index contributed by atoms with van der Waals surface area (Å²) in [6.07, 6.45) is 1.09. The van der Waals surface area contributed by atoms with Gasteiger partial charge in [-0.25, -0.2) is 9.98 Å². The number of hydrogen-bond donors (Lipinski definition) is 0. The zero-order valence-electron chi connectivity index (χ0n) is 16.3. The average Bonchev–Trinajstić information content (AvgIpc) is 3.01. The molecule has 0 spiro atoms. The standard InChI is InChI=1S/C21H22F3N3O2/c1-12-11-27-17-9-8-15(21(22,23)24)10-16(17)18(14-6-4-3-5-7-14)26-20(19(27)25-12)29-13(2)28/h8-11,14,20H,3-7H2,1-2H3. The van der Waals surface area contributed by atoms with Crippen molar-refractivity contribution in [1.82, 2.24) is 9.55 Å². The van der Waals surface area contributed by atoms with Gasteiger partial charge in [-0.1, -0.05) is 19.3 Å². The van der Waals surface area contributed by atoms with E-state index in [1.807, 2.05) is 0 Å². The molecular formula is C21H22F3N3O2. The number of ether oxygens (including phenoxy) is 1. The quantitative estimate of drug-likeness (QED) is 0.650. The van der Waals surface area contributed by atoms with Gasteiger partial charge in [-0.3, -0.25) is 9.36 Å². The number of halogens is 3. The van der Waals surface area contributed by atoms with Crippen LogP contribution in [0.4, 0.5) is 13.2 Å². The van der Waals surface area contributed by atoms with Crippen LogP contribution >= 0.6 is 0 Å². The van der Waals surface area contributed by atoms with Crippen molar-refractivity contribution in [3.8, 4) is 5.69 Å². The van der Waals surface area contributed by atoms with E-state index in [9.17, 15) is 18.0 Å². The molecule has 0 N–H and O–H groups in total. The third-order valence-electron chi connectivity index (χ3n) is 5.46. The first-order valence-corrected chi connectivity index (χ1v) is 9.77. The molecule has 2 heterocycles. The number of fused-ring (bicyclic) bond motifs is 3. The molecule has 0 radical (unpaired) electrons. The highest BCUT2D eigenvalue weighted by molar-refractivity contribution is 6.06. The summed E-state index contributed by atoms with van der Waals surface area (Å²) in [5.41, 5.74) is 1.52. The Hall–Kier alpha value is -2.64. The number of imidazole rings is 1. The first kappa shape index (κ1) is 19.7. The van der Waals surface area contributed by atoms with E-state index in [1.54, 1.807) is 17.7 Å². The Morgan fingerprint density at radius 1 is 1.21 bits per heavy atom. The Bertz CT molecular complexity index is 972. The van der Waals surface area contributed by atoms with Gasteiger partial charge < -0.3 is 4.74 Å². The number of esters is 1. The van der Waals surface area contributed by atoms with Gasteiger partial charge in [0.05, 0.1) is 22.7 Å². The first-order chi connectivity index (χ1) is 13.7. The lowest BCUT2D eigenvalue weighted by Crippen LogP contribution is -2.21. The maximum Gasteiger partial charge on any atom is 0.416 e. The van der Waals surface area contributed by atoms with Crippen molar-refractivity contribution in [1.29, 1.82) is 0 Å². The molecule has 8 heteroatoms. The maximum absolute atomic E-state index is 13.4. The van der Waals surface area contributed by atoms with Crippen molar-refractivity contribution in [3.05, 3.63) is 47.0 Å². The number of alkyl halides is 3. The SMILES string of the molecule is CC(=O)OC1N=C(C2CCCCC2)c2cc(C(F)(F)F)ccc2-n2cc(C)nc21. The van der Waals surface area contributed by atoms with Crippen molar-refractivity contribution < 1.29 is 22.7 Å². The Kier molecular flexibility index (Phi) is 4.96. The third kappa shape index (κ3) is 3.80. The number of nitrogens with zero attached hydrogens (tertiary/aromatic N) is 3. The molecule has 154 valence electrons. The summed E-state index contributed by atoms with van der Waals surface area (Å²) in [6, 6.07) is 3.69. The monoisotopic (exact) mass is 405 g/mol. The molecular weight excluding hydrogens is 383 g/mol. The highest BCUT2D eigenvalue weighted by Crippen LogP contribution is 2.38. The molecule has 29 heavy (non-hydrogen) atoms. The van der Waals surface area contributed by atoms with Crippen molar-refractivity contribution in [3.63, 3.8) is 0 Å². The molecule has 2 aromatic rings. The number of carbonyl (C=O) groups is 1. The summed E-state index contributed by atoms with van der Waals surface area (Å²) in [6.45, 7) is 3.07. The fourth-order valence-corrected chi connectivity index (χ4v) is 4.20. The summed E-state index contributed by atoms with van der Waals surface area (Å²) < 4.78 is 47.5. The maximum atomic E-state index is 13.4. The minimum absolute atomic E-state index is 0.0229. The Balaban J connectivity index is 1.95. The van der Waals surface area contributed by atoms with E-state index < -0.39 is 23.9 Å². The molecule has 1 saturated carbocycles. The van der Waals surface area contributed by atoms with Crippen LogP contribution in [0.5, 0.6) is 0 Å². The summed E-state index contributed by atoms with van der Waals surface area (Å²) >= 11 is 0. The molecule has 5 nitrogen and oxygen atoms in total. The summed E-state index contributed by atoms with van der Waals surface area (Å²) in [7, 11) is 0. The van der Waals surface area contributed by atoms with Crippen LogP contribution in [0.25, 0.3) is 5.69 Å². The fraction of sp³-hybridized carbons (Fsp3) is 0.476. The largest absolute Gasteiger partial charge is 0.432 e. The smallest absolute Gasteiger partial charge is 0.416 e. The van der Waals surface area contributed by atoms with Gasteiger partial charge in [0, 0.05) is 24.6 Å². The van der Waals surface area contributed by atoms with E-state index in [-0.39, 0.29) is 5.92 Å². The molecule has 1 fully saturated rings. The van der Waals surface area contributed by atoms with E-state index in [0.29, 0.717) is 28.5 Å². The predicted octanol–water partition coefficient (Wildman–Crippen LogP) is 5.14. The zero-order chi connectivity index (χ0) is 20.8. The van der Waals surface area contributed by atoms with Gasteiger partial charge in [0.1, 0.15) is 0 Å². The molecule has 0 bridgehead atoms. The van der Waals surface area contributed by atoms with Crippen LogP contribution in [0.1, 0.15) is 67.9 Å². The number of hydrogen-bond acceptors (Lipinski definition) is 4. The van der Waals surface area contributed by atoms with E-state index in [4.69, 9.17) is 4.74 Å². The molecule has 1 aliphatic carbocycles. The molecule has 1 aliphatic heterocycles. The fourth-order valence-electron chi connectivity index (χ4n) is 4.20. The minimum Gasteiger partial charge on any atom is -0.432 e. The van der Waals surface area contributed by atoms with Gasteiger partial charge in [-0.15, -0.1) is 0 Å². The Morgan fingerprint density at radius 3 is 2.59 bits per heavy atom. The lowest BCUT2D eigenvalue weighted by atomic mass is 9.82.